The topological polar surface area (TPSA) is 26.3 Å². The van der Waals surface area contributed by atoms with Crippen molar-refractivity contribution in [3.8, 4) is 5.75 Å². The number of aryl methyl sites for hydroxylation is 2. The van der Waals surface area contributed by atoms with E-state index >= 15 is 0 Å². The number of rotatable bonds is 3. The van der Waals surface area contributed by atoms with Crippen molar-refractivity contribution in [2.24, 2.45) is 0 Å². The fourth-order valence-corrected chi connectivity index (χ4v) is 1.77. The van der Waals surface area contributed by atoms with Crippen LogP contribution in [0.15, 0.2) is 12.1 Å². The molecule has 82 valence electrons. The number of ether oxygens (including phenoxy) is 1. The van der Waals surface area contributed by atoms with E-state index in [1.807, 2.05) is 26.0 Å². The lowest BCUT2D eigenvalue weighted by Crippen LogP contribution is -2.11. The van der Waals surface area contributed by atoms with Crippen LogP contribution in [0, 0.1) is 13.8 Å². The monoisotopic (exact) mass is 226 g/mol. The Kier molecular flexibility index (Phi) is 3.75. The van der Waals surface area contributed by atoms with Gasteiger partial charge in [0.15, 0.2) is 5.78 Å². The first-order valence-corrected chi connectivity index (χ1v) is 5.24. The van der Waals surface area contributed by atoms with Gasteiger partial charge in [0.05, 0.1) is 12.5 Å². The number of hydrogen-bond acceptors (Lipinski definition) is 2. The van der Waals surface area contributed by atoms with E-state index in [0.29, 0.717) is 5.56 Å². The minimum absolute atomic E-state index is 0.0504. The molecule has 3 heteroatoms. The Balaban J connectivity index is 3.20. The molecule has 1 rings (SSSR count). The van der Waals surface area contributed by atoms with Crippen molar-refractivity contribution in [2.75, 3.05) is 7.11 Å². The van der Waals surface area contributed by atoms with E-state index in [2.05, 4.69) is 0 Å². The van der Waals surface area contributed by atoms with Gasteiger partial charge in [-0.05, 0) is 44.0 Å². The molecular weight excluding hydrogens is 212 g/mol. The van der Waals surface area contributed by atoms with Gasteiger partial charge in [0.2, 0.25) is 0 Å². The zero-order valence-corrected chi connectivity index (χ0v) is 10.2. The molecule has 0 bridgehead atoms. The normalized spacial score (nSPS) is 12.3. The van der Waals surface area contributed by atoms with E-state index in [9.17, 15) is 4.79 Å². The molecule has 0 fully saturated rings. The highest BCUT2D eigenvalue weighted by Crippen LogP contribution is 2.25. The Bertz CT molecular complexity index is 360. The number of methoxy groups -OCH3 is 1. The molecule has 0 N–H and O–H groups in total. The zero-order valence-electron chi connectivity index (χ0n) is 9.43. The fraction of sp³-hybridized carbons (Fsp3) is 0.417. The highest BCUT2D eigenvalue weighted by Gasteiger charge is 2.15. The maximum atomic E-state index is 11.7. The summed E-state index contributed by atoms with van der Waals surface area (Å²) in [5, 5.41) is -0.489. The second-order valence-electron chi connectivity index (χ2n) is 3.62. The van der Waals surface area contributed by atoms with Crippen LogP contribution in [-0.4, -0.2) is 18.3 Å². The first kappa shape index (κ1) is 12.1. The molecule has 0 aliphatic heterocycles. The van der Waals surface area contributed by atoms with Gasteiger partial charge in [0.25, 0.3) is 0 Å². The van der Waals surface area contributed by atoms with Crippen molar-refractivity contribution >= 4 is 17.4 Å². The van der Waals surface area contributed by atoms with Crippen molar-refractivity contribution in [3.63, 3.8) is 0 Å². The molecule has 0 aliphatic carbocycles. The molecule has 0 saturated heterocycles. The second kappa shape index (κ2) is 4.67. The molecule has 0 radical (unpaired) electrons. The smallest absolute Gasteiger partial charge is 0.180 e. The zero-order chi connectivity index (χ0) is 11.6. The van der Waals surface area contributed by atoms with Crippen molar-refractivity contribution in [1.82, 2.24) is 0 Å². The number of Topliss-reactive ketones (excluding diaryl/α,β-unsaturated/α-hetero) is 1. The molecule has 0 amide bonds. The quantitative estimate of drug-likeness (QED) is 0.585. The first-order chi connectivity index (χ1) is 6.97. The molecule has 1 aromatic rings. The van der Waals surface area contributed by atoms with Gasteiger partial charge in [-0.2, -0.15) is 0 Å². The van der Waals surface area contributed by atoms with Crippen molar-refractivity contribution in [2.45, 2.75) is 26.1 Å². The summed E-state index contributed by atoms with van der Waals surface area (Å²) >= 11 is 5.76. The molecule has 1 unspecified atom stereocenters. The van der Waals surface area contributed by atoms with E-state index in [1.165, 1.54) is 0 Å². The Hall–Kier alpha value is -1.02. The standard InChI is InChI=1S/C12H15ClO2/c1-7-5-10(11(14)9(3)13)6-8(2)12(7)15-4/h5-6,9H,1-4H3. The molecular formula is C12H15ClO2. The molecule has 15 heavy (non-hydrogen) atoms. The van der Waals surface area contributed by atoms with Gasteiger partial charge < -0.3 is 4.74 Å². The Morgan fingerprint density at radius 1 is 1.33 bits per heavy atom. The van der Waals surface area contributed by atoms with Gasteiger partial charge >= 0.3 is 0 Å². The second-order valence-corrected chi connectivity index (χ2v) is 4.28. The molecule has 0 aromatic heterocycles. The van der Waals surface area contributed by atoms with Crippen LogP contribution in [0.2, 0.25) is 0 Å². The number of hydrogen-bond donors (Lipinski definition) is 0. The molecule has 0 heterocycles. The van der Waals surface area contributed by atoms with Gasteiger partial charge in [-0.25, -0.2) is 0 Å². The molecule has 0 saturated carbocycles. The number of benzene rings is 1. The summed E-state index contributed by atoms with van der Waals surface area (Å²) in [5.74, 6) is 0.777. The van der Waals surface area contributed by atoms with Crippen LogP contribution >= 0.6 is 11.6 Å². The third kappa shape index (κ3) is 2.51. The minimum Gasteiger partial charge on any atom is -0.496 e. The van der Waals surface area contributed by atoms with Crippen molar-refractivity contribution in [3.05, 3.63) is 28.8 Å². The minimum atomic E-state index is -0.489. The highest BCUT2D eigenvalue weighted by atomic mass is 35.5. The summed E-state index contributed by atoms with van der Waals surface area (Å²) in [6, 6.07) is 3.63. The Morgan fingerprint density at radius 3 is 2.13 bits per heavy atom. The third-order valence-electron chi connectivity index (χ3n) is 2.31. The summed E-state index contributed by atoms with van der Waals surface area (Å²) in [6.45, 7) is 5.52. The summed E-state index contributed by atoms with van der Waals surface area (Å²) in [4.78, 5) is 11.7. The average Bonchev–Trinajstić information content (AvgIpc) is 2.15. The number of carbonyl (C=O) groups is 1. The SMILES string of the molecule is COc1c(C)cc(C(=O)C(C)Cl)cc1C. The van der Waals surface area contributed by atoms with Gasteiger partial charge in [0, 0.05) is 5.56 Å². The van der Waals surface area contributed by atoms with Crippen LogP contribution in [0.5, 0.6) is 5.75 Å². The summed E-state index contributed by atoms with van der Waals surface area (Å²) in [6.07, 6.45) is 0. The predicted octanol–water partition coefficient (Wildman–Crippen LogP) is 3.12. The number of ketones is 1. The number of carbonyl (C=O) groups excluding carboxylic acids is 1. The molecule has 0 spiro atoms. The van der Waals surface area contributed by atoms with Gasteiger partial charge in [-0.15, -0.1) is 11.6 Å². The fourth-order valence-electron chi connectivity index (χ4n) is 1.64. The summed E-state index contributed by atoms with van der Waals surface area (Å²) in [5.41, 5.74) is 2.56. The molecule has 2 nitrogen and oxygen atoms in total. The maximum Gasteiger partial charge on any atom is 0.180 e. The predicted molar refractivity (Wildman–Crippen MR) is 62.1 cm³/mol. The van der Waals surface area contributed by atoms with Crippen LogP contribution < -0.4 is 4.74 Å². The largest absolute Gasteiger partial charge is 0.496 e. The lowest BCUT2D eigenvalue weighted by atomic mass is 10.0. The van der Waals surface area contributed by atoms with Crippen molar-refractivity contribution in [1.29, 1.82) is 0 Å². The van der Waals surface area contributed by atoms with Crippen LogP contribution in [0.4, 0.5) is 0 Å². The third-order valence-corrected chi connectivity index (χ3v) is 2.51. The number of alkyl halides is 1. The Morgan fingerprint density at radius 2 is 1.80 bits per heavy atom. The van der Waals surface area contributed by atoms with Crippen LogP contribution in [0.1, 0.15) is 28.4 Å². The van der Waals surface area contributed by atoms with E-state index in [1.54, 1.807) is 14.0 Å². The maximum absolute atomic E-state index is 11.7. The lowest BCUT2D eigenvalue weighted by Gasteiger charge is -2.11. The van der Waals surface area contributed by atoms with Crippen LogP contribution in [0.25, 0.3) is 0 Å². The molecule has 1 atom stereocenters. The first-order valence-electron chi connectivity index (χ1n) is 4.81. The van der Waals surface area contributed by atoms with Crippen molar-refractivity contribution < 1.29 is 9.53 Å². The van der Waals surface area contributed by atoms with E-state index in [0.717, 1.165) is 16.9 Å². The summed E-state index contributed by atoms with van der Waals surface area (Å²) in [7, 11) is 1.63. The van der Waals surface area contributed by atoms with Gasteiger partial charge in [-0.3, -0.25) is 4.79 Å². The van der Waals surface area contributed by atoms with Gasteiger partial charge in [-0.1, -0.05) is 0 Å². The van der Waals surface area contributed by atoms with Crippen LogP contribution in [-0.2, 0) is 0 Å². The van der Waals surface area contributed by atoms with Gasteiger partial charge in [0.1, 0.15) is 5.75 Å². The van der Waals surface area contributed by atoms with E-state index in [4.69, 9.17) is 16.3 Å². The molecule has 1 aromatic carbocycles. The lowest BCUT2D eigenvalue weighted by molar-refractivity contribution is 0.0991. The molecule has 0 aliphatic rings. The number of halogens is 1. The highest BCUT2D eigenvalue weighted by molar-refractivity contribution is 6.33. The van der Waals surface area contributed by atoms with E-state index < -0.39 is 5.38 Å². The Labute approximate surface area is 95.2 Å². The average molecular weight is 227 g/mol. The summed E-state index contributed by atoms with van der Waals surface area (Å²) < 4.78 is 5.23. The van der Waals surface area contributed by atoms with Crippen LogP contribution in [0.3, 0.4) is 0 Å². The van der Waals surface area contributed by atoms with E-state index in [-0.39, 0.29) is 5.78 Å².